The van der Waals surface area contributed by atoms with Crippen LogP contribution in [0.1, 0.15) is 26.7 Å². The minimum atomic E-state index is -0.352. The van der Waals surface area contributed by atoms with E-state index in [0.29, 0.717) is 12.5 Å². The van der Waals surface area contributed by atoms with Gasteiger partial charge in [-0.05, 0) is 35.6 Å². The molecule has 0 spiro atoms. The number of rotatable bonds is 7. The Bertz CT molecular complexity index is 582. The van der Waals surface area contributed by atoms with Crippen LogP contribution in [0.2, 0.25) is 0 Å². The molecule has 0 saturated heterocycles. The Morgan fingerprint density at radius 1 is 1.24 bits per heavy atom. The zero-order valence-electron chi connectivity index (χ0n) is 13.0. The van der Waals surface area contributed by atoms with Gasteiger partial charge in [-0.15, -0.1) is 0 Å². The van der Waals surface area contributed by atoms with E-state index in [2.05, 4.69) is 24.1 Å². The van der Waals surface area contributed by atoms with E-state index < -0.39 is 0 Å². The van der Waals surface area contributed by atoms with Crippen LogP contribution < -0.4 is 10.1 Å². The third-order valence-corrected chi connectivity index (χ3v) is 4.04. The number of nitrogens with zero attached hydrogens (tertiary/aromatic N) is 1. The molecule has 114 valence electrons. The lowest BCUT2D eigenvalue weighted by Crippen LogP contribution is -2.28. The van der Waals surface area contributed by atoms with Crippen LogP contribution in [-0.2, 0) is 0 Å². The minimum Gasteiger partial charge on any atom is -0.497 e. The third-order valence-electron chi connectivity index (χ3n) is 4.04. The number of hydrogen-bond donors (Lipinski definition) is 2. The maximum absolute atomic E-state index is 10.2. The fraction of sp³-hybridized carbons (Fsp3) is 0.471. The molecule has 0 radical (unpaired) electrons. The summed E-state index contributed by atoms with van der Waals surface area (Å²) in [6, 6.07) is 7.86. The molecule has 21 heavy (non-hydrogen) atoms. The van der Waals surface area contributed by atoms with Crippen molar-refractivity contribution in [3.8, 4) is 5.75 Å². The maximum atomic E-state index is 10.2. The number of anilines is 1. The monoisotopic (exact) mass is 288 g/mol. The van der Waals surface area contributed by atoms with E-state index in [9.17, 15) is 5.11 Å². The first-order valence-corrected chi connectivity index (χ1v) is 7.54. The predicted molar refractivity (Wildman–Crippen MR) is 86.9 cm³/mol. The van der Waals surface area contributed by atoms with Crippen LogP contribution in [0.4, 0.5) is 5.82 Å². The van der Waals surface area contributed by atoms with Crippen LogP contribution in [-0.4, -0.2) is 29.8 Å². The number of aromatic nitrogens is 1. The van der Waals surface area contributed by atoms with E-state index in [-0.39, 0.29) is 6.10 Å². The molecule has 2 aromatic rings. The molecule has 1 atom stereocenters. The average molecular weight is 288 g/mol. The van der Waals surface area contributed by atoms with Gasteiger partial charge in [-0.3, -0.25) is 0 Å². The van der Waals surface area contributed by atoms with Crippen molar-refractivity contribution in [2.45, 2.75) is 32.8 Å². The summed E-state index contributed by atoms with van der Waals surface area (Å²) in [5.41, 5.74) is 0. The van der Waals surface area contributed by atoms with E-state index in [0.717, 1.165) is 35.2 Å². The SMILES string of the molecule is CCC(CC)C(O)CNc1nccc2cc(OC)ccc12. The van der Waals surface area contributed by atoms with E-state index >= 15 is 0 Å². The lowest BCUT2D eigenvalue weighted by molar-refractivity contribution is 0.114. The van der Waals surface area contributed by atoms with Crippen molar-refractivity contribution < 1.29 is 9.84 Å². The van der Waals surface area contributed by atoms with Crippen molar-refractivity contribution in [2.24, 2.45) is 5.92 Å². The number of fused-ring (bicyclic) bond motifs is 1. The Balaban J connectivity index is 2.15. The molecule has 0 saturated carbocycles. The van der Waals surface area contributed by atoms with Crippen molar-refractivity contribution in [1.29, 1.82) is 0 Å². The van der Waals surface area contributed by atoms with Gasteiger partial charge in [0.15, 0.2) is 0 Å². The van der Waals surface area contributed by atoms with Gasteiger partial charge >= 0.3 is 0 Å². The van der Waals surface area contributed by atoms with Crippen LogP contribution >= 0.6 is 0 Å². The molecule has 0 fully saturated rings. The zero-order chi connectivity index (χ0) is 15.2. The molecular formula is C17H24N2O2. The van der Waals surface area contributed by atoms with Gasteiger partial charge in [0.2, 0.25) is 0 Å². The van der Waals surface area contributed by atoms with Crippen LogP contribution in [0.3, 0.4) is 0 Å². The van der Waals surface area contributed by atoms with Crippen molar-refractivity contribution in [2.75, 3.05) is 19.0 Å². The minimum absolute atomic E-state index is 0.326. The van der Waals surface area contributed by atoms with Gasteiger partial charge < -0.3 is 15.2 Å². The largest absolute Gasteiger partial charge is 0.497 e. The first-order chi connectivity index (χ1) is 10.2. The second-order valence-electron chi connectivity index (χ2n) is 5.27. The van der Waals surface area contributed by atoms with Crippen LogP contribution in [0.5, 0.6) is 5.75 Å². The molecule has 0 aliphatic rings. The van der Waals surface area contributed by atoms with Crippen molar-refractivity contribution in [3.63, 3.8) is 0 Å². The smallest absolute Gasteiger partial charge is 0.133 e. The molecule has 1 aromatic heterocycles. The van der Waals surface area contributed by atoms with E-state index in [4.69, 9.17) is 4.74 Å². The number of benzene rings is 1. The summed E-state index contributed by atoms with van der Waals surface area (Å²) in [7, 11) is 1.66. The van der Waals surface area contributed by atoms with Crippen LogP contribution in [0, 0.1) is 5.92 Å². The van der Waals surface area contributed by atoms with Gasteiger partial charge in [0.1, 0.15) is 11.6 Å². The van der Waals surface area contributed by atoms with E-state index in [1.165, 1.54) is 0 Å². The van der Waals surface area contributed by atoms with Crippen LogP contribution in [0.25, 0.3) is 10.8 Å². The lowest BCUT2D eigenvalue weighted by Gasteiger charge is -2.21. The van der Waals surface area contributed by atoms with Crippen molar-refractivity contribution in [3.05, 3.63) is 30.5 Å². The zero-order valence-corrected chi connectivity index (χ0v) is 13.0. The molecule has 4 heteroatoms. The first kappa shape index (κ1) is 15.6. The standard InChI is InChI=1S/C17H24N2O2/c1-4-12(5-2)16(20)11-19-17-15-7-6-14(21-3)10-13(15)8-9-18-17/h6-10,12,16,20H,4-5,11H2,1-3H3,(H,18,19). The summed E-state index contributed by atoms with van der Waals surface area (Å²) >= 11 is 0. The maximum Gasteiger partial charge on any atom is 0.133 e. The number of methoxy groups -OCH3 is 1. The molecule has 0 amide bonds. The summed E-state index contributed by atoms with van der Waals surface area (Å²) < 4.78 is 5.24. The average Bonchev–Trinajstić information content (AvgIpc) is 2.53. The summed E-state index contributed by atoms with van der Waals surface area (Å²) in [6.45, 7) is 4.74. The predicted octanol–water partition coefficient (Wildman–Crippen LogP) is 3.45. The van der Waals surface area contributed by atoms with Crippen LogP contribution in [0.15, 0.2) is 30.5 Å². The third kappa shape index (κ3) is 3.64. The summed E-state index contributed by atoms with van der Waals surface area (Å²) in [5, 5.41) is 15.6. The number of pyridine rings is 1. The molecule has 1 heterocycles. The molecule has 1 aromatic carbocycles. The lowest BCUT2D eigenvalue weighted by atomic mass is 9.96. The molecule has 2 rings (SSSR count). The highest BCUT2D eigenvalue weighted by Gasteiger charge is 2.15. The number of ether oxygens (including phenoxy) is 1. The number of aliphatic hydroxyl groups excluding tert-OH is 1. The van der Waals surface area contributed by atoms with Gasteiger partial charge in [0.25, 0.3) is 0 Å². The Hall–Kier alpha value is -1.81. The number of aliphatic hydroxyl groups is 1. The summed E-state index contributed by atoms with van der Waals surface area (Å²) in [6.07, 6.45) is 3.39. The highest BCUT2D eigenvalue weighted by Crippen LogP contribution is 2.25. The quantitative estimate of drug-likeness (QED) is 0.819. The highest BCUT2D eigenvalue weighted by atomic mass is 16.5. The fourth-order valence-electron chi connectivity index (χ4n) is 2.62. The molecule has 2 N–H and O–H groups in total. The molecular weight excluding hydrogens is 264 g/mol. The number of hydrogen-bond acceptors (Lipinski definition) is 4. The molecule has 4 nitrogen and oxygen atoms in total. The Labute approximate surface area is 126 Å². The van der Waals surface area contributed by atoms with Gasteiger partial charge in [0, 0.05) is 18.1 Å². The second-order valence-corrected chi connectivity index (χ2v) is 5.27. The van der Waals surface area contributed by atoms with Crippen molar-refractivity contribution >= 4 is 16.6 Å². The molecule has 1 unspecified atom stereocenters. The second kappa shape index (κ2) is 7.27. The Kier molecular flexibility index (Phi) is 5.39. The molecule has 0 aliphatic heterocycles. The van der Waals surface area contributed by atoms with Gasteiger partial charge in [-0.2, -0.15) is 0 Å². The Morgan fingerprint density at radius 3 is 2.67 bits per heavy atom. The highest BCUT2D eigenvalue weighted by molar-refractivity contribution is 5.92. The van der Waals surface area contributed by atoms with Gasteiger partial charge in [-0.1, -0.05) is 26.7 Å². The summed E-state index contributed by atoms with van der Waals surface area (Å²) in [4.78, 5) is 4.38. The fourth-order valence-corrected chi connectivity index (χ4v) is 2.62. The summed E-state index contributed by atoms with van der Waals surface area (Å²) in [5.74, 6) is 1.96. The van der Waals surface area contributed by atoms with Gasteiger partial charge in [-0.25, -0.2) is 4.98 Å². The molecule has 0 bridgehead atoms. The topological polar surface area (TPSA) is 54.4 Å². The van der Waals surface area contributed by atoms with Crippen molar-refractivity contribution in [1.82, 2.24) is 4.98 Å². The first-order valence-electron chi connectivity index (χ1n) is 7.54. The van der Waals surface area contributed by atoms with E-state index in [1.54, 1.807) is 13.3 Å². The van der Waals surface area contributed by atoms with E-state index in [1.807, 2.05) is 24.3 Å². The Morgan fingerprint density at radius 2 is 2.00 bits per heavy atom. The van der Waals surface area contributed by atoms with Gasteiger partial charge in [0.05, 0.1) is 13.2 Å². The molecule has 0 aliphatic carbocycles. The number of nitrogens with one attached hydrogen (secondary N) is 1. The normalized spacial score (nSPS) is 12.6.